The second-order valence-electron chi connectivity index (χ2n) is 15.8. The molecule has 0 fully saturated rings. The second-order valence-corrected chi connectivity index (χ2v) is 20.4. The van der Waals surface area contributed by atoms with Crippen LogP contribution in [-0.2, 0) is 10.8 Å². The Balaban J connectivity index is 1.46. The molecule has 1 aliphatic carbocycles. The predicted molar refractivity (Wildman–Crippen MR) is 258 cm³/mol. The molecule has 286 valence electrons. The zero-order valence-corrected chi connectivity index (χ0v) is 33.8. The van der Waals surface area contributed by atoms with Gasteiger partial charge in [0.2, 0.25) is 0 Å². The van der Waals surface area contributed by atoms with E-state index >= 15 is 0 Å². The van der Waals surface area contributed by atoms with E-state index < -0.39 is 242 Å². The zero-order chi connectivity index (χ0) is 64.3. The smallest absolute Gasteiger partial charge is 0.179 e. The van der Waals surface area contributed by atoms with Crippen LogP contribution in [0.1, 0.15) is 90.0 Å². The standard InChI is InChI=1S/C56H47NSSi/c1-55(2)34-35-56(3,4)49-37-42(32-33-48(49)55)59(39-19-7-5-8-20-39,40-21-9-6-10-22-40)41-23-15-18-38(36-41)57-50-29-13-11-25-47(50)53-44(26-17-30-51(53)57)46-28-16-27-45-43-24-12-14-31-52(43)58-54(45)46/h5-33,36-37H,34-35H2,1-4H3/i5D,6D,7D,8D,9D,10D,11D,12D,13D,14D,15D,16D,17D,18D,19D,20D,21D,22D,23D,24D,25D,26D,27D,28D,29D,30D,31D,36D. The Morgan fingerprint density at radius 2 is 1.08 bits per heavy atom. The molecule has 1 nitrogen and oxygen atoms in total. The van der Waals surface area contributed by atoms with Gasteiger partial charge in [0, 0.05) is 42.2 Å². The molecule has 0 N–H and O–H groups in total. The third kappa shape index (κ3) is 5.48. The van der Waals surface area contributed by atoms with Gasteiger partial charge in [-0.3, -0.25) is 0 Å². The molecular weight excluding hydrogens is 747 g/mol. The normalized spacial score (nSPS) is 21.6. The van der Waals surface area contributed by atoms with Gasteiger partial charge in [0.05, 0.1) is 49.4 Å². The number of nitrogens with zero attached hydrogens (tertiary/aromatic N) is 1. The number of fused-ring (bicyclic) bond motifs is 7. The summed E-state index contributed by atoms with van der Waals surface area (Å²) in [6.07, 6.45) is 1.22. The molecule has 0 aliphatic heterocycles. The van der Waals surface area contributed by atoms with Crippen LogP contribution in [0.4, 0.5) is 0 Å². The molecule has 59 heavy (non-hydrogen) atoms. The van der Waals surface area contributed by atoms with Crippen LogP contribution in [0.15, 0.2) is 187 Å². The quantitative estimate of drug-likeness (QED) is 0.116. The van der Waals surface area contributed by atoms with E-state index in [9.17, 15) is 24.7 Å². The lowest BCUT2D eigenvalue weighted by Gasteiger charge is -2.43. The lowest BCUT2D eigenvalue weighted by molar-refractivity contribution is 0.332. The highest BCUT2D eigenvalue weighted by Gasteiger charge is 2.44. The molecule has 2 heterocycles. The van der Waals surface area contributed by atoms with Gasteiger partial charge in [-0.25, -0.2) is 0 Å². The van der Waals surface area contributed by atoms with E-state index in [-0.39, 0.29) is 25.4 Å². The Kier molecular flexibility index (Phi) is 3.97. The van der Waals surface area contributed by atoms with E-state index in [1.807, 2.05) is 27.7 Å². The lowest BCUT2D eigenvalue weighted by Crippen LogP contribution is -2.75. The minimum atomic E-state index is -5.84. The highest BCUT2D eigenvalue weighted by atomic mass is 32.1. The van der Waals surface area contributed by atoms with Gasteiger partial charge in [-0.1, -0.05) is 185 Å². The minimum Gasteiger partial charge on any atom is -0.309 e. The van der Waals surface area contributed by atoms with Crippen molar-refractivity contribution in [3.8, 4) is 16.8 Å². The maximum absolute atomic E-state index is 10.8. The van der Waals surface area contributed by atoms with Crippen molar-refractivity contribution in [2.24, 2.45) is 0 Å². The highest BCUT2D eigenvalue weighted by molar-refractivity contribution is 7.26. The average molecular weight is 822 g/mol. The van der Waals surface area contributed by atoms with Crippen molar-refractivity contribution in [1.29, 1.82) is 0 Å². The summed E-state index contributed by atoms with van der Waals surface area (Å²) in [6.45, 7) is 7.81. The van der Waals surface area contributed by atoms with Crippen molar-refractivity contribution in [1.82, 2.24) is 4.57 Å². The van der Waals surface area contributed by atoms with Gasteiger partial charge in [0.15, 0.2) is 8.07 Å². The van der Waals surface area contributed by atoms with Crippen LogP contribution in [0.25, 0.3) is 58.8 Å². The fourth-order valence-corrected chi connectivity index (χ4v) is 13.6. The molecule has 0 saturated heterocycles. The van der Waals surface area contributed by atoms with Crippen LogP contribution in [0.2, 0.25) is 0 Å². The number of para-hydroxylation sites is 1. The SMILES string of the molecule is [2H]c1c([2H])c([2H])c([Si](c2ccc3c(c2)C(C)(C)CCC3(C)C)(c2c([2H])c([2H])c([2H])c([2H])c2[2H])c2c([2H])c([2H])c([2H])c(-n3c4c([2H])c([2H])c([2H])c([2H])c4c4c(-c5c([2H])c([2H])c([2H])c6c5sc5c([2H])c([2H])c([2H])c([2H])c56)c([2H])c([2H])c([2H])c43)c2[2H])c([2H])c1[2H]. The van der Waals surface area contributed by atoms with Gasteiger partial charge in [0.25, 0.3) is 0 Å². The monoisotopic (exact) mass is 821 g/mol. The number of hydrogen-bond acceptors (Lipinski definition) is 1. The molecule has 3 heteroatoms. The fraction of sp³-hybridized carbons (Fsp3) is 0.143. The Morgan fingerprint density at radius 3 is 1.85 bits per heavy atom. The molecule has 0 radical (unpaired) electrons. The summed E-state index contributed by atoms with van der Waals surface area (Å²) in [7, 11) is -5.84. The molecule has 8 aromatic carbocycles. The lowest BCUT2D eigenvalue weighted by atomic mass is 9.63. The number of benzene rings is 8. The predicted octanol–water partition coefficient (Wildman–Crippen LogP) is 12.5. The summed E-state index contributed by atoms with van der Waals surface area (Å²) in [6, 6.07) is -21.0. The highest BCUT2D eigenvalue weighted by Crippen LogP contribution is 2.46. The molecule has 0 saturated carbocycles. The maximum Gasteiger partial charge on any atom is 0.179 e. The van der Waals surface area contributed by atoms with Crippen molar-refractivity contribution in [2.75, 3.05) is 0 Å². The Morgan fingerprint density at radius 1 is 0.508 bits per heavy atom. The molecule has 0 unspecified atom stereocenters. The van der Waals surface area contributed by atoms with Crippen LogP contribution in [0.3, 0.4) is 0 Å². The first-order valence-electron chi connectivity index (χ1n) is 32.8. The number of aromatic nitrogens is 1. The van der Waals surface area contributed by atoms with E-state index in [0.29, 0.717) is 29.7 Å². The van der Waals surface area contributed by atoms with E-state index in [1.54, 1.807) is 12.1 Å². The summed E-state index contributed by atoms with van der Waals surface area (Å²) in [4.78, 5) is 0. The van der Waals surface area contributed by atoms with Crippen LogP contribution in [-0.4, -0.2) is 12.6 Å². The summed E-state index contributed by atoms with van der Waals surface area (Å²) in [5.74, 6) is 0. The third-order valence-corrected chi connectivity index (χ3v) is 17.0. The van der Waals surface area contributed by atoms with Crippen molar-refractivity contribution in [2.45, 2.75) is 51.4 Å². The van der Waals surface area contributed by atoms with Gasteiger partial charge < -0.3 is 4.57 Å². The number of rotatable bonds is 6. The van der Waals surface area contributed by atoms with Crippen molar-refractivity contribution in [3.63, 3.8) is 0 Å². The van der Waals surface area contributed by atoms with Crippen LogP contribution in [0.5, 0.6) is 0 Å². The van der Waals surface area contributed by atoms with Crippen molar-refractivity contribution < 1.29 is 38.4 Å². The molecule has 11 rings (SSSR count). The van der Waals surface area contributed by atoms with Crippen LogP contribution >= 0.6 is 11.3 Å². The van der Waals surface area contributed by atoms with Crippen molar-refractivity contribution in [3.05, 3.63) is 199 Å². The summed E-state index contributed by atoms with van der Waals surface area (Å²) in [5, 5.41) is -4.12. The Bertz CT molecular complexity index is 4740. The van der Waals surface area contributed by atoms with Crippen LogP contribution in [0, 0.1) is 0 Å². The number of hydrogen-bond donors (Lipinski definition) is 0. The van der Waals surface area contributed by atoms with E-state index in [1.165, 1.54) is 6.07 Å². The molecular formula is C56H47NSSi. The van der Waals surface area contributed by atoms with Crippen LogP contribution < -0.4 is 20.7 Å². The summed E-state index contributed by atoms with van der Waals surface area (Å²) >= 11 is 0.635. The largest absolute Gasteiger partial charge is 0.309 e. The second kappa shape index (κ2) is 13.5. The zero-order valence-electron chi connectivity index (χ0n) is 60.0. The third-order valence-electron chi connectivity index (χ3n) is 11.7. The molecule has 10 aromatic rings. The van der Waals surface area contributed by atoms with Gasteiger partial charge in [-0.05, 0) is 91.3 Å². The molecule has 0 atom stereocenters. The summed E-state index contributed by atoms with van der Waals surface area (Å²) < 4.78 is 264. The average Bonchev–Trinajstić information content (AvgIpc) is 1.67. The molecule has 0 spiro atoms. The van der Waals surface area contributed by atoms with E-state index in [0.717, 1.165) is 10.1 Å². The first-order valence-corrected chi connectivity index (χ1v) is 21.6. The molecule has 2 aromatic heterocycles. The van der Waals surface area contributed by atoms with Gasteiger partial charge >= 0.3 is 0 Å². The molecule has 0 bridgehead atoms. The van der Waals surface area contributed by atoms with Gasteiger partial charge in [0.1, 0.15) is 0 Å². The topological polar surface area (TPSA) is 4.93 Å². The van der Waals surface area contributed by atoms with E-state index in [4.69, 9.17) is 13.7 Å². The molecule has 1 aliphatic rings. The van der Waals surface area contributed by atoms with E-state index in [2.05, 4.69) is 0 Å². The molecule has 0 amide bonds. The maximum atomic E-state index is 10.8. The Hall–Kier alpha value is -6.00. The van der Waals surface area contributed by atoms with Gasteiger partial charge in [-0.15, -0.1) is 11.3 Å². The summed E-state index contributed by atoms with van der Waals surface area (Å²) in [5.41, 5.74) is -3.38. The first kappa shape index (κ1) is 17.3. The Labute approximate surface area is 391 Å². The van der Waals surface area contributed by atoms with Crippen molar-refractivity contribution >= 4 is 82.1 Å². The first-order chi connectivity index (χ1) is 40.4. The van der Waals surface area contributed by atoms with Gasteiger partial charge in [-0.2, -0.15) is 0 Å². The minimum absolute atomic E-state index is 0.116. The fourth-order valence-electron chi connectivity index (χ4n) is 8.63. The number of thiophene rings is 1.